The zero-order valence-electron chi connectivity index (χ0n) is 16.3. The molecule has 0 saturated heterocycles. The lowest BCUT2D eigenvalue weighted by Crippen LogP contribution is -2.25. The minimum absolute atomic E-state index is 0.0593. The summed E-state index contributed by atoms with van der Waals surface area (Å²) in [5, 5.41) is 3.35. The summed E-state index contributed by atoms with van der Waals surface area (Å²) in [5.41, 5.74) is 3.95. The summed E-state index contributed by atoms with van der Waals surface area (Å²) >= 11 is 1.43. The van der Waals surface area contributed by atoms with Crippen molar-refractivity contribution in [1.82, 2.24) is 4.98 Å². The van der Waals surface area contributed by atoms with Gasteiger partial charge in [-0.3, -0.25) is 14.9 Å². The number of hydrogen-bond donors (Lipinski definition) is 1. The second kappa shape index (κ2) is 8.05. The number of hydrogen-bond acceptors (Lipinski definition) is 5. The lowest BCUT2D eigenvalue weighted by Gasteiger charge is -2.14. The van der Waals surface area contributed by atoms with E-state index in [0.29, 0.717) is 17.4 Å². The number of carbonyl (C=O) groups excluding carboxylic acids is 2. The molecule has 29 heavy (non-hydrogen) atoms. The summed E-state index contributed by atoms with van der Waals surface area (Å²) in [7, 11) is 0. The van der Waals surface area contributed by atoms with Gasteiger partial charge in [-0.05, 0) is 43.2 Å². The van der Waals surface area contributed by atoms with Gasteiger partial charge in [-0.15, -0.1) is 11.3 Å². The van der Waals surface area contributed by atoms with Crippen LogP contribution in [-0.2, 0) is 16.0 Å². The quantitative estimate of drug-likeness (QED) is 0.693. The van der Waals surface area contributed by atoms with Crippen LogP contribution in [0, 0.1) is 6.92 Å². The van der Waals surface area contributed by atoms with E-state index in [-0.39, 0.29) is 18.4 Å². The normalized spacial score (nSPS) is 12.6. The van der Waals surface area contributed by atoms with Gasteiger partial charge in [0.2, 0.25) is 5.91 Å². The van der Waals surface area contributed by atoms with Crippen molar-refractivity contribution in [3.8, 4) is 17.0 Å². The van der Waals surface area contributed by atoms with Gasteiger partial charge in [0.1, 0.15) is 5.75 Å². The topological polar surface area (TPSA) is 71.5 Å². The molecule has 0 saturated carbocycles. The number of ether oxygens (including phenoxy) is 1. The Kier molecular flexibility index (Phi) is 5.31. The van der Waals surface area contributed by atoms with Gasteiger partial charge in [-0.1, -0.05) is 24.3 Å². The third-order valence-corrected chi connectivity index (χ3v) is 5.67. The summed E-state index contributed by atoms with van der Waals surface area (Å²) in [5.74, 6) is 0.459. The van der Waals surface area contributed by atoms with Gasteiger partial charge in [0.25, 0.3) is 5.91 Å². The Labute approximate surface area is 173 Å². The van der Waals surface area contributed by atoms with Crippen LogP contribution in [0.5, 0.6) is 5.75 Å². The van der Waals surface area contributed by atoms with E-state index in [1.165, 1.54) is 11.3 Å². The minimum atomic E-state index is -0.250. The van der Waals surface area contributed by atoms with Crippen LogP contribution in [0.25, 0.3) is 11.3 Å². The number of nitrogens with one attached hydrogen (secondary N) is 1. The van der Waals surface area contributed by atoms with E-state index in [2.05, 4.69) is 16.4 Å². The summed E-state index contributed by atoms with van der Waals surface area (Å²) < 4.78 is 5.47. The highest BCUT2D eigenvalue weighted by Crippen LogP contribution is 2.35. The smallest absolute Gasteiger partial charge is 0.264 e. The van der Waals surface area contributed by atoms with Gasteiger partial charge in [-0.2, -0.15) is 0 Å². The van der Waals surface area contributed by atoms with Crippen LogP contribution in [-0.4, -0.2) is 29.9 Å². The average molecular weight is 407 g/mol. The molecule has 1 aliphatic rings. The maximum atomic E-state index is 12.2. The molecular weight excluding hydrogens is 386 g/mol. The number of rotatable bonds is 5. The van der Waals surface area contributed by atoms with Crippen LogP contribution in [0.3, 0.4) is 0 Å². The number of carbonyl (C=O) groups is 2. The first-order valence-electron chi connectivity index (χ1n) is 9.38. The Morgan fingerprint density at radius 2 is 2.00 bits per heavy atom. The SMILES string of the molecule is CC(=O)N1CCc2cc(-c3nc(NC(=O)COc4ccccc4)sc3C)ccc21. The number of anilines is 2. The zero-order chi connectivity index (χ0) is 20.4. The number of amides is 2. The Bertz CT molecular complexity index is 1060. The lowest BCUT2D eigenvalue weighted by atomic mass is 10.1. The van der Waals surface area contributed by atoms with Crippen molar-refractivity contribution >= 4 is 34.0 Å². The number of aryl methyl sites for hydroxylation is 1. The third kappa shape index (κ3) is 4.14. The molecule has 0 spiro atoms. The van der Waals surface area contributed by atoms with E-state index in [4.69, 9.17) is 4.74 Å². The molecule has 2 amide bonds. The van der Waals surface area contributed by atoms with E-state index in [1.807, 2.05) is 37.3 Å². The number of para-hydroxylation sites is 1. The molecule has 148 valence electrons. The van der Waals surface area contributed by atoms with Gasteiger partial charge in [0, 0.05) is 29.6 Å². The van der Waals surface area contributed by atoms with E-state index < -0.39 is 0 Å². The molecule has 0 bridgehead atoms. The largest absolute Gasteiger partial charge is 0.484 e. The average Bonchev–Trinajstić information content (AvgIpc) is 3.30. The molecule has 1 aliphatic heterocycles. The first kappa shape index (κ1) is 19.1. The molecule has 4 rings (SSSR count). The minimum Gasteiger partial charge on any atom is -0.484 e. The molecule has 0 atom stereocenters. The predicted octanol–water partition coefficient (Wildman–Crippen LogP) is 4.05. The maximum Gasteiger partial charge on any atom is 0.264 e. The monoisotopic (exact) mass is 407 g/mol. The molecule has 0 radical (unpaired) electrons. The molecule has 2 heterocycles. The second-order valence-electron chi connectivity index (χ2n) is 6.84. The molecule has 0 unspecified atom stereocenters. The van der Waals surface area contributed by atoms with Crippen LogP contribution < -0.4 is 15.0 Å². The third-order valence-electron chi connectivity index (χ3n) is 4.78. The highest BCUT2D eigenvalue weighted by molar-refractivity contribution is 7.16. The van der Waals surface area contributed by atoms with Crippen molar-refractivity contribution in [2.45, 2.75) is 20.3 Å². The molecule has 2 aromatic carbocycles. The number of fused-ring (bicyclic) bond motifs is 1. The van der Waals surface area contributed by atoms with Gasteiger partial charge in [0.15, 0.2) is 11.7 Å². The molecule has 7 heteroatoms. The highest BCUT2D eigenvalue weighted by Gasteiger charge is 2.23. The van der Waals surface area contributed by atoms with Crippen molar-refractivity contribution in [3.05, 3.63) is 59.0 Å². The van der Waals surface area contributed by atoms with Crippen LogP contribution in [0.2, 0.25) is 0 Å². The Balaban J connectivity index is 1.46. The van der Waals surface area contributed by atoms with Crippen molar-refractivity contribution < 1.29 is 14.3 Å². The van der Waals surface area contributed by atoms with Crippen LogP contribution in [0.15, 0.2) is 48.5 Å². The molecular formula is C22H21N3O3S. The van der Waals surface area contributed by atoms with E-state index in [1.54, 1.807) is 24.0 Å². The lowest BCUT2D eigenvalue weighted by molar-refractivity contribution is -0.118. The molecule has 1 aromatic heterocycles. The van der Waals surface area contributed by atoms with E-state index in [9.17, 15) is 9.59 Å². The predicted molar refractivity (Wildman–Crippen MR) is 115 cm³/mol. The summed E-state index contributed by atoms with van der Waals surface area (Å²) in [4.78, 5) is 31.3. The van der Waals surface area contributed by atoms with Crippen LogP contribution >= 0.6 is 11.3 Å². The number of aromatic nitrogens is 1. The fourth-order valence-corrected chi connectivity index (χ4v) is 4.27. The molecule has 1 N–H and O–H groups in total. The van der Waals surface area contributed by atoms with Gasteiger partial charge in [0.05, 0.1) is 5.69 Å². The number of nitrogens with zero attached hydrogens (tertiary/aromatic N) is 2. The highest BCUT2D eigenvalue weighted by atomic mass is 32.1. The van der Waals surface area contributed by atoms with Crippen molar-refractivity contribution in [2.24, 2.45) is 0 Å². The number of thiazole rings is 1. The number of benzene rings is 2. The standard InChI is InChI=1S/C22H21N3O3S/c1-14-21(17-8-9-19-16(12-17)10-11-25(19)15(2)26)24-22(29-14)23-20(27)13-28-18-6-4-3-5-7-18/h3-9,12H,10-11,13H2,1-2H3,(H,23,24,27). The Morgan fingerprint density at radius 3 is 2.76 bits per heavy atom. The van der Waals surface area contributed by atoms with Crippen molar-refractivity contribution in [1.29, 1.82) is 0 Å². The summed E-state index contributed by atoms with van der Waals surface area (Å²) in [6.45, 7) is 4.22. The van der Waals surface area contributed by atoms with Crippen LogP contribution in [0.1, 0.15) is 17.4 Å². The second-order valence-corrected chi connectivity index (χ2v) is 8.04. The first-order valence-corrected chi connectivity index (χ1v) is 10.2. The van der Waals surface area contributed by atoms with Gasteiger partial charge < -0.3 is 9.64 Å². The van der Waals surface area contributed by atoms with E-state index in [0.717, 1.165) is 33.8 Å². The Hall–Kier alpha value is -3.19. The Morgan fingerprint density at radius 1 is 1.21 bits per heavy atom. The first-order chi connectivity index (χ1) is 14.0. The molecule has 3 aromatic rings. The molecule has 0 aliphatic carbocycles. The van der Waals surface area contributed by atoms with Crippen molar-refractivity contribution in [3.63, 3.8) is 0 Å². The zero-order valence-corrected chi connectivity index (χ0v) is 17.1. The fraction of sp³-hybridized carbons (Fsp3) is 0.227. The van der Waals surface area contributed by atoms with Crippen LogP contribution in [0.4, 0.5) is 10.8 Å². The summed E-state index contributed by atoms with van der Waals surface area (Å²) in [6.07, 6.45) is 0.840. The maximum absolute atomic E-state index is 12.2. The fourth-order valence-electron chi connectivity index (χ4n) is 3.41. The van der Waals surface area contributed by atoms with E-state index >= 15 is 0 Å². The molecule has 0 fully saturated rings. The van der Waals surface area contributed by atoms with Gasteiger partial charge >= 0.3 is 0 Å². The molecule has 6 nitrogen and oxygen atoms in total. The van der Waals surface area contributed by atoms with Crippen molar-refractivity contribution in [2.75, 3.05) is 23.4 Å². The van der Waals surface area contributed by atoms with Gasteiger partial charge in [-0.25, -0.2) is 4.98 Å². The summed E-state index contributed by atoms with van der Waals surface area (Å²) in [6, 6.07) is 15.3.